The predicted molar refractivity (Wildman–Crippen MR) is 118 cm³/mol. The van der Waals surface area contributed by atoms with Gasteiger partial charge in [-0.2, -0.15) is 5.26 Å². The summed E-state index contributed by atoms with van der Waals surface area (Å²) in [5.74, 6) is -1.03. The number of aliphatic hydroxyl groups excluding tert-OH is 1. The van der Waals surface area contributed by atoms with Gasteiger partial charge in [0.25, 0.3) is 0 Å². The van der Waals surface area contributed by atoms with Crippen LogP contribution in [0.15, 0.2) is 72.8 Å². The summed E-state index contributed by atoms with van der Waals surface area (Å²) >= 11 is 0. The Labute approximate surface area is 186 Å². The zero-order valence-corrected chi connectivity index (χ0v) is 17.5. The molecule has 0 saturated carbocycles. The molecular weight excluding hydrogens is 403 g/mol. The Morgan fingerprint density at radius 1 is 1.03 bits per heavy atom. The van der Waals surface area contributed by atoms with Crippen LogP contribution in [0.3, 0.4) is 0 Å². The van der Waals surface area contributed by atoms with Crippen LogP contribution in [-0.4, -0.2) is 24.2 Å². The highest BCUT2D eigenvalue weighted by atomic mass is 19.1. The summed E-state index contributed by atoms with van der Waals surface area (Å²) in [7, 11) is 0. The quantitative estimate of drug-likeness (QED) is 0.651. The van der Waals surface area contributed by atoms with Gasteiger partial charge in [-0.25, -0.2) is 4.39 Å². The number of fused-ring (bicyclic) bond motifs is 1. The third kappa shape index (κ3) is 2.80. The minimum absolute atomic E-state index is 0.181. The van der Waals surface area contributed by atoms with Crippen LogP contribution in [0.5, 0.6) is 0 Å². The maximum Gasteiger partial charge on any atom is 0.241 e. The molecule has 0 heterocycles. The largest absolute Gasteiger partial charge is 0.395 e. The van der Waals surface area contributed by atoms with Gasteiger partial charge in [-0.1, -0.05) is 60.7 Å². The van der Waals surface area contributed by atoms with E-state index in [1.54, 1.807) is 12.1 Å². The Kier molecular flexibility index (Phi) is 4.83. The highest BCUT2D eigenvalue weighted by molar-refractivity contribution is 5.90. The standard InChI is InChI=1S/C27H23FN2O2/c28-19-11-9-18(10-12-19)13-14-30-25(32)26(16-29)15-27(17-31)22-7-3-1-5-20(22)24(26)21-6-2-4-8-23(21)27/h1-12,24,31H,13-15,17H2,(H,30,32). The van der Waals surface area contributed by atoms with Crippen molar-refractivity contribution in [2.24, 2.45) is 5.41 Å². The molecule has 0 aromatic heterocycles. The fraction of sp³-hybridized carbons (Fsp3) is 0.259. The zero-order chi connectivity index (χ0) is 22.3. The molecule has 3 aromatic carbocycles. The molecule has 5 heteroatoms. The zero-order valence-electron chi connectivity index (χ0n) is 17.5. The first-order valence-electron chi connectivity index (χ1n) is 10.8. The molecule has 6 rings (SSSR count). The fourth-order valence-corrected chi connectivity index (χ4v) is 5.70. The molecule has 0 radical (unpaired) electrons. The number of benzene rings is 3. The van der Waals surface area contributed by atoms with Crippen molar-refractivity contribution >= 4 is 5.91 Å². The lowest BCUT2D eigenvalue weighted by Gasteiger charge is -2.55. The summed E-state index contributed by atoms with van der Waals surface area (Å²) < 4.78 is 13.1. The van der Waals surface area contributed by atoms with E-state index in [9.17, 15) is 19.6 Å². The van der Waals surface area contributed by atoms with Gasteiger partial charge < -0.3 is 10.4 Å². The number of halogens is 1. The lowest BCUT2D eigenvalue weighted by Crippen LogP contribution is -2.57. The first-order valence-corrected chi connectivity index (χ1v) is 10.8. The molecule has 3 aliphatic carbocycles. The molecule has 0 spiro atoms. The van der Waals surface area contributed by atoms with Gasteiger partial charge in [0.15, 0.2) is 0 Å². The Bertz CT molecular complexity index is 1180. The molecule has 2 N–H and O–H groups in total. The summed E-state index contributed by atoms with van der Waals surface area (Å²) in [5, 5.41) is 24.0. The average molecular weight is 426 g/mol. The SMILES string of the molecule is N#CC1(C(=O)NCCc2ccc(F)cc2)CC2(CO)c3ccccc3C1c1ccccc12. The summed E-state index contributed by atoms with van der Waals surface area (Å²) in [6, 6.07) is 24.2. The van der Waals surface area contributed by atoms with Gasteiger partial charge in [0, 0.05) is 17.9 Å². The highest BCUT2D eigenvalue weighted by Crippen LogP contribution is 2.63. The number of aliphatic hydroxyl groups is 1. The monoisotopic (exact) mass is 426 g/mol. The van der Waals surface area contributed by atoms with Crippen LogP contribution in [0, 0.1) is 22.6 Å². The number of nitrogens with one attached hydrogen (secondary N) is 1. The molecule has 2 bridgehead atoms. The molecule has 1 unspecified atom stereocenters. The molecule has 0 saturated heterocycles. The van der Waals surface area contributed by atoms with Crippen molar-refractivity contribution in [2.75, 3.05) is 13.2 Å². The molecule has 1 atom stereocenters. The van der Waals surface area contributed by atoms with Crippen molar-refractivity contribution in [1.29, 1.82) is 5.26 Å². The van der Waals surface area contributed by atoms with Crippen molar-refractivity contribution in [2.45, 2.75) is 24.2 Å². The summed E-state index contributed by atoms with van der Waals surface area (Å²) in [5.41, 5.74) is 2.64. The highest BCUT2D eigenvalue weighted by Gasteiger charge is 2.63. The van der Waals surface area contributed by atoms with Crippen molar-refractivity contribution in [3.63, 3.8) is 0 Å². The van der Waals surface area contributed by atoms with Crippen LogP contribution in [0.2, 0.25) is 0 Å². The Balaban J connectivity index is 1.53. The van der Waals surface area contributed by atoms with Gasteiger partial charge in [0.2, 0.25) is 5.91 Å². The Morgan fingerprint density at radius 2 is 1.62 bits per heavy atom. The second-order valence-corrected chi connectivity index (χ2v) is 8.74. The van der Waals surface area contributed by atoms with Crippen LogP contribution in [0.4, 0.5) is 4.39 Å². The topological polar surface area (TPSA) is 73.1 Å². The maximum absolute atomic E-state index is 13.6. The number of hydrogen-bond donors (Lipinski definition) is 2. The van der Waals surface area contributed by atoms with Crippen LogP contribution in [0.1, 0.15) is 40.2 Å². The van der Waals surface area contributed by atoms with Crippen molar-refractivity contribution < 1.29 is 14.3 Å². The lowest BCUT2D eigenvalue weighted by atomic mass is 9.46. The van der Waals surface area contributed by atoms with E-state index in [1.165, 1.54) is 12.1 Å². The number of carbonyl (C=O) groups excluding carboxylic acids is 1. The number of carbonyl (C=O) groups is 1. The number of nitrogens with zero attached hydrogens (tertiary/aromatic N) is 1. The van der Waals surface area contributed by atoms with E-state index in [1.807, 2.05) is 48.5 Å². The summed E-state index contributed by atoms with van der Waals surface area (Å²) in [4.78, 5) is 13.6. The van der Waals surface area contributed by atoms with E-state index in [2.05, 4.69) is 11.4 Å². The van der Waals surface area contributed by atoms with E-state index < -0.39 is 16.7 Å². The average Bonchev–Trinajstić information content (AvgIpc) is 2.85. The fourth-order valence-electron chi connectivity index (χ4n) is 5.70. The molecule has 160 valence electrons. The minimum Gasteiger partial charge on any atom is -0.395 e. The molecule has 1 amide bonds. The van der Waals surface area contributed by atoms with Crippen LogP contribution in [0.25, 0.3) is 0 Å². The molecule has 0 aliphatic heterocycles. The molecule has 4 nitrogen and oxygen atoms in total. The lowest BCUT2D eigenvalue weighted by molar-refractivity contribution is -0.130. The first kappa shape index (κ1) is 20.4. The van der Waals surface area contributed by atoms with Gasteiger partial charge in [-0.15, -0.1) is 0 Å². The number of rotatable bonds is 5. The predicted octanol–water partition coefficient (Wildman–Crippen LogP) is 3.82. The molecule has 3 aromatic rings. The number of amides is 1. The second-order valence-electron chi connectivity index (χ2n) is 8.74. The molecule has 3 aliphatic rings. The second kappa shape index (κ2) is 7.58. The number of nitriles is 1. The van der Waals surface area contributed by atoms with E-state index in [0.29, 0.717) is 13.0 Å². The summed E-state index contributed by atoms with van der Waals surface area (Å²) in [6.07, 6.45) is 0.768. The smallest absolute Gasteiger partial charge is 0.241 e. The maximum atomic E-state index is 13.6. The van der Waals surface area contributed by atoms with Gasteiger partial charge in [-0.05, 0) is 52.8 Å². The summed E-state index contributed by atoms with van der Waals surface area (Å²) in [6.45, 7) is 0.163. The van der Waals surface area contributed by atoms with Crippen molar-refractivity contribution in [1.82, 2.24) is 5.32 Å². The number of hydrogen-bond acceptors (Lipinski definition) is 3. The van der Waals surface area contributed by atoms with Gasteiger partial charge in [0.05, 0.1) is 12.7 Å². The normalized spacial score (nSPS) is 24.8. The van der Waals surface area contributed by atoms with Crippen molar-refractivity contribution in [3.05, 3.63) is 106 Å². The Morgan fingerprint density at radius 3 is 2.19 bits per heavy atom. The molecule has 0 fully saturated rings. The Hall–Kier alpha value is -3.49. The molecular formula is C27H23FN2O2. The van der Waals surface area contributed by atoms with E-state index >= 15 is 0 Å². The minimum atomic E-state index is -1.33. The van der Waals surface area contributed by atoms with Gasteiger partial charge in [-0.3, -0.25) is 4.79 Å². The van der Waals surface area contributed by atoms with E-state index in [0.717, 1.165) is 27.8 Å². The van der Waals surface area contributed by atoms with E-state index in [-0.39, 0.29) is 24.8 Å². The molecule has 32 heavy (non-hydrogen) atoms. The van der Waals surface area contributed by atoms with Gasteiger partial charge in [0.1, 0.15) is 11.2 Å². The first-order chi connectivity index (χ1) is 15.6. The van der Waals surface area contributed by atoms with Crippen LogP contribution < -0.4 is 5.32 Å². The van der Waals surface area contributed by atoms with E-state index in [4.69, 9.17) is 0 Å². The van der Waals surface area contributed by atoms with Crippen LogP contribution in [-0.2, 0) is 16.6 Å². The third-order valence-electron chi connectivity index (χ3n) is 7.14. The van der Waals surface area contributed by atoms with Crippen LogP contribution >= 0.6 is 0 Å². The van der Waals surface area contributed by atoms with Gasteiger partial charge >= 0.3 is 0 Å². The third-order valence-corrected chi connectivity index (χ3v) is 7.14. The van der Waals surface area contributed by atoms with Crippen molar-refractivity contribution in [3.8, 4) is 6.07 Å².